The number of halogens is 1. The second-order valence-corrected chi connectivity index (χ2v) is 5.39. The molecular formula is C15H19ClN2O4. The molecule has 2 amide bonds. The minimum absolute atomic E-state index is 0.0602. The molecule has 1 heterocycles. The third-order valence-corrected chi connectivity index (χ3v) is 3.81. The van der Waals surface area contributed by atoms with E-state index in [4.69, 9.17) is 21.1 Å². The van der Waals surface area contributed by atoms with Crippen LogP contribution in [0.25, 0.3) is 0 Å². The minimum atomic E-state index is -0.141. The van der Waals surface area contributed by atoms with Gasteiger partial charge in [-0.1, -0.05) is 11.6 Å². The molecule has 0 aliphatic carbocycles. The summed E-state index contributed by atoms with van der Waals surface area (Å²) in [6.07, 6.45) is 0. The second-order valence-electron chi connectivity index (χ2n) is 4.95. The Hall–Kier alpha value is -1.79. The summed E-state index contributed by atoms with van der Waals surface area (Å²) in [5, 5.41) is 0.484. The van der Waals surface area contributed by atoms with Gasteiger partial charge >= 0.3 is 0 Å². The summed E-state index contributed by atoms with van der Waals surface area (Å²) in [5.41, 5.74) is 0.437. The van der Waals surface area contributed by atoms with E-state index in [2.05, 4.69) is 0 Å². The van der Waals surface area contributed by atoms with Crippen LogP contribution in [-0.2, 0) is 9.53 Å². The molecule has 0 unspecified atom stereocenters. The van der Waals surface area contributed by atoms with Gasteiger partial charge in [-0.3, -0.25) is 9.59 Å². The lowest BCUT2D eigenvalue weighted by Crippen LogP contribution is -2.51. The summed E-state index contributed by atoms with van der Waals surface area (Å²) >= 11 is 5.96. The fourth-order valence-electron chi connectivity index (χ4n) is 2.39. The van der Waals surface area contributed by atoms with E-state index in [0.29, 0.717) is 42.5 Å². The zero-order chi connectivity index (χ0) is 16.1. The summed E-state index contributed by atoms with van der Waals surface area (Å²) in [6.45, 7) is 2.01. The lowest BCUT2D eigenvalue weighted by atomic mass is 10.1. The number of ether oxygens (including phenoxy) is 2. The lowest BCUT2D eigenvalue weighted by Gasteiger charge is -2.34. The first-order valence-corrected chi connectivity index (χ1v) is 7.34. The van der Waals surface area contributed by atoms with Crippen molar-refractivity contribution in [1.29, 1.82) is 0 Å². The molecule has 1 saturated heterocycles. The molecule has 0 spiro atoms. The van der Waals surface area contributed by atoms with Crippen LogP contribution in [0.1, 0.15) is 10.4 Å². The zero-order valence-corrected chi connectivity index (χ0v) is 13.4. The Morgan fingerprint density at radius 3 is 2.36 bits per heavy atom. The molecule has 1 fully saturated rings. The largest absolute Gasteiger partial charge is 0.496 e. The maximum absolute atomic E-state index is 12.6. The molecule has 120 valence electrons. The van der Waals surface area contributed by atoms with Crippen LogP contribution in [0, 0.1) is 0 Å². The van der Waals surface area contributed by atoms with Crippen molar-refractivity contribution in [3.8, 4) is 5.75 Å². The van der Waals surface area contributed by atoms with Gasteiger partial charge in [0.2, 0.25) is 5.91 Å². The van der Waals surface area contributed by atoms with Crippen molar-refractivity contribution in [3.63, 3.8) is 0 Å². The van der Waals surface area contributed by atoms with Crippen molar-refractivity contribution in [2.24, 2.45) is 0 Å². The highest BCUT2D eigenvalue weighted by Gasteiger charge is 2.26. The zero-order valence-electron chi connectivity index (χ0n) is 12.7. The second kappa shape index (κ2) is 7.47. The predicted molar refractivity (Wildman–Crippen MR) is 82.4 cm³/mol. The Kier molecular flexibility index (Phi) is 5.63. The number of amides is 2. The normalized spacial score (nSPS) is 14.9. The number of nitrogens with zero attached hydrogens (tertiary/aromatic N) is 2. The number of carbonyl (C=O) groups is 2. The molecule has 1 aliphatic heterocycles. The molecule has 1 aromatic carbocycles. The molecule has 0 aromatic heterocycles. The van der Waals surface area contributed by atoms with Crippen LogP contribution in [0.2, 0.25) is 5.02 Å². The predicted octanol–water partition coefficient (Wildman–Crippen LogP) is 1.28. The fourth-order valence-corrected chi connectivity index (χ4v) is 2.56. The smallest absolute Gasteiger partial charge is 0.257 e. The first-order valence-electron chi connectivity index (χ1n) is 6.96. The van der Waals surface area contributed by atoms with E-state index in [0.717, 1.165) is 0 Å². The van der Waals surface area contributed by atoms with Crippen LogP contribution < -0.4 is 4.74 Å². The summed E-state index contributed by atoms with van der Waals surface area (Å²) in [5.74, 6) is 0.292. The maximum Gasteiger partial charge on any atom is 0.257 e. The average molecular weight is 327 g/mol. The van der Waals surface area contributed by atoms with Crippen molar-refractivity contribution in [3.05, 3.63) is 28.8 Å². The molecule has 2 rings (SSSR count). The Bertz CT molecular complexity index is 556. The summed E-state index contributed by atoms with van der Waals surface area (Å²) in [4.78, 5) is 27.7. The average Bonchev–Trinajstić information content (AvgIpc) is 2.54. The SMILES string of the molecule is COCC(=O)N1CCN(C(=O)c2cc(Cl)ccc2OC)CC1. The summed E-state index contributed by atoms with van der Waals surface area (Å²) in [7, 11) is 3.00. The van der Waals surface area contributed by atoms with Crippen molar-refractivity contribution >= 4 is 23.4 Å². The van der Waals surface area contributed by atoms with Gasteiger partial charge in [-0.2, -0.15) is 0 Å². The third-order valence-electron chi connectivity index (χ3n) is 3.58. The van der Waals surface area contributed by atoms with Crippen molar-refractivity contribution in [2.75, 3.05) is 47.0 Å². The maximum atomic E-state index is 12.6. The molecule has 22 heavy (non-hydrogen) atoms. The van der Waals surface area contributed by atoms with E-state index in [9.17, 15) is 9.59 Å². The molecule has 0 bridgehead atoms. The Morgan fingerprint density at radius 1 is 1.14 bits per heavy atom. The highest BCUT2D eigenvalue weighted by Crippen LogP contribution is 2.24. The Labute approximate surface area is 134 Å². The Morgan fingerprint density at radius 2 is 1.77 bits per heavy atom. The lowest BCUT2D eigenvalue weighted by molar-refractivity contribution is -0.136. The van der Waals surface area contributed by atoms with E-state index in [-0.39, 0.29) is 18.4 Å². The number of hydrogen-bond donors (Lipinski definition) is 0. The molecular weight excluding hydrogens is 308 g/mol. The van der Waals surface area contributed by atoms with E-state index >= 15 is 0 Å². The van der Waals surface area contributed by atoms with E-state index in [1.807, 2.05) is 0 Å². The topological polar surface area (TPSA) is 59.1 Å². The van der Waals surface area contributed by atoms with Gasteiger partial charge in [-0.25, -0.2) is 0 Å². The quantitative estimate of drug-likeness (QED) is 0.836. The molecule has 7 heteroatoms. The van der Waals surface area contributed by atoms with Gasteiger partial charge in [0.05, 0.1) is 12.7 Å². The highest BCUT2D eigenvalue weighted by molar-refractivity contribution is 6.31. The van der Waals surface area contributed by atoms with Crippen LogP contribution in [-0.4, -0.2) is 68.6 Å². The van der Waals surface area contributed by atoms with Crippen molar-refractivity contribution < 1.29 is 19.1 Å². The van der Waals surface area contributed by atoms with Gasteiger partial charge in [-0.15, -0.1) is 0 Å². The molecule has 1 aromatic rings. The standard InChI is InChI=1S/C15H19ClN2O4/c1-21-10-14(19)17-5-7-18(8-6-17)15(20)12-9-11(16)3-4-13(12)22-2/h3-4,9H,5-8,10H2,1-2H3. The van der Waals surface area contributed by atoms with Crippen LogP contribution >= 0.6 is 11.6 Å². The van der Waals surface area contributed by atoms with Gasteiger partial charge in [0.25, 0.3) is 5.91 Å². The first-order chi connectivity index (χ1) is 10.6. The number of hydrogen-bond acceptors (Lipinski definition) is 4. The summed E-state index contributed by atoms with van der Waals surface area (Å²) in [6, 6.07) is 4.96. The number of benzene rings is 1. The fraction of sp³-hybridized carbons (Fsp3) is 0.467. The van der Waals surface area contributed by atoms with Gasteiger partial charge in [0, 0.05) is 38.3 Å². The van der Waals surface area contributed by atoms with Gasteiger partial charge in [0.1, 0.15) is 12.4 Å². The van der Waals surface area contributed by atoms with Crippen LogP contribution in [0.3, 0.4) is 0 Å². The van der Waals surface area contributed by atoms with E-state index in [1.54, 1.807) is 28.0 Å². The highest BCUT2D eigenvalue weighted by atomic mass is 35.5. The van der Waals surface area contributed by atoms with Crippen molar-refractivity contribution in [2.45, 2.75) is 0 Å². The summed E-state index contributed by atoms with van der Waals surface area (Å²) < 4.78 is 10.1. The number of methoxy groups -OCH3 is 2. The molecule has 0 N–H and O–H groups in total. The number of piperazine rings is 1. The van der Waals surface area contributed by atoms with Gasteiger partial charge < -0.3 is 19.3 Å². The van der Waals surface area contributed by atoms with Gasteiger partial charge in [-0.05, 0) is 18.2 Å². The van der Waals surface area contributed by atoms with Crippen LogP contribution in [0.15, 0.2) is 18.2 Å². The monoisotopic (exact) mass is 326 g/mol. The molecule has 0 atom stereocenters. The number of rotatable bonds is 4. The van der Waals surface area contributed by atoms with Crippen LogP contribution in [0.4, 0.5) is 0 Å². The molecule has 1 aliphatic rings. The van der Waals surface area contributed by atoms with Crippen LogP contribution in [0.5, 0.6) is 5.75 Å². The molecule has 0 radical (unpaired) electrons. The van der Waals surface area contributed by atoms with E-state index in [1.165, 1.54) is 14.2 Å². The van der Waals surface area contributed by atoms with Crippen molar-refractivity contribution in [1.82, 2.24) is 9.80 Å². The number of carbonyl (C=O) groups excluding carboxylic acids is 2. The molecule has 6 nitrogen and oxygen atoms in total. The Balaban J connectivity index is 2.04. The minimum Gasteiger partial charge on any atom is -0.496 e. The van der Waals surface area contributed by atoms with Gasteiger partial charge in [0.15, 0.2) is 0 Å². The third kappa shape index (κ3) is 3.69. The molecule has 0 saturated carbocycles. The first kappa shape index (κ1) is 16.6. The van der Waals surface area contributed by atoms with E-state index < -0.39 is 0 Å².